The monoisotopic (exact) mass is 197 g/mol. The number of aryl methyl sites for hydroxylation is 1. The van der Waals surface area contributed by atoms with Crippen molar-refractivity contribution in [3.8, 4) is 0 Å². The van der Waals surface area contributed by atoms with E-state index in [1.165, 1.54) is 0 Å². The summed E-state index contributed by atoms with van der Waals surface area (Å²) in [6.45, 7) is 7.79. The average Bonchev–Trinajstić information content (AvgIpc) is 2.48. The van der Waals surface area contributed by atoms with Crippen LogP contribution >= 0.6 is 11.3 Å². The maximum Gasteiger partial charge on any atom is 0.205 e. The summed E-state index contributed by atoms with van der Waals surface area (Å²) in [6.07, 6.45) is 4.05. The van der Waals surface area contributed by atoms with Crippen molar-refractivity contribution in [3.05, 3.63) is 17.7 Å². The van der Waals surface area contributed by atoms with Crippen LogP contribution in [-0.4, -0.2) is 16.2 Å². The summed E-state index contributed by atoms with van der Waals surface area (Å²) in [5.74, 6) is 0. The molecule has 1 aromatic heterocycles. The van der Waals surface area contributed by atoms with E-state index in [1.807, 2.05) is 13.0 Å². The molecule has 0 aromatic carbocycles. The first-order chi connectivity index (χ1) is 6.22. The van der Waals surface area contributed by atoms with Gasteiger partial charge in [-0.15, -0.1) is 16.8 Å². The molecule has 0 amide bonds. The van der Waals surface area contributed by atoms with E-state index in [4.69, 9.17) is 0 Å². The second-order valence-electron chi connectivity index (χ2n) is 3.04. The third kappa shape index (κ3) is 3.55. The molecule has 0 saturated carbocycles. The van der Waals surface area contributed by atoms with Gasteiger partial charge in [-0.3, -0.25) is 0 Å². The van der Waals surface area contributed by atoms with Crippen molar-refractivity contribution >= 4 is 16.5 Å². The summed E-state index contributed by atoms with van der Waals surface area (Å²) in [5, 5.41) is 13.1. The van der Waals surface area contributed by atoms with Crippen molar-refractivity contribution in [2.75, 3.05) is 5.32 Å². The van der Waals surface area contributed by atoms with Gasteiger partial charge in [0.1, 0.15) is 5.01 Å². The van der Waals surface area contributed by atoms with Crippen molar-refractivity contribution in [1.29, 1.82) is 0 Å². The molecule has 3 nitrogen and oxygen atoms in total. The van der Waals surface area contributed by atoms with E-state index in [0.717, 1.165) is 23.0 Å². The van der Waals surface area contributed by atoms with Gasteiger partial charge in [0.2, 0.25) is 5.13 Å². The molecule has 1 aromatic rings. The SMILES string of the molecule is C=CCCC(C)Nc1nnc(C)s1. The van der Waals surface area contributed by atoms with E-state index in [1.54, 1.807) is 11.3 Å². The lowest BCUT2D eigenvalue weighted by Crippen LogP contribution is -2.14. The fourth-order valence-corrected chi connectivity index (χ4v) is 1.71. The van der Waals surface area contributed by atoms with Crippen LogP contribution in [0.2, 0.25) is 0 Å². The van der Waals surface area contributed by atoms with Crippen LogP contribution in [0.15, 0.2) is 12.7 Å². The Morgan fingerprint density at radius 1 is 1.62 bits per heavy atom. The summed E-state index contributed by atoms with van der Waals surface area (Å²) >= 11 is 1.59. The first-order valence-corrected chi connectivity index (χ1v) is 5.21. The summed E-state index contributed by atoms with van der Waals surface area (Å²) in [7, 11) is 0. The highest BCUT2D eigenvalue weighted by molar-refractivity contribution is 7.15. The van der Waals surface area contributed by atoms with E-state index in [9.17, 15) is 0 Å². The van der Waals surface area contributed by atoms with E-state index >= 15 is 0 Å². The molecule has 1 atom stereocenters. The second kappa shape index (κ2) is 4.97. The smallest absolute Gasteiger partial charge is 0.205 e. The lowest BCUT2D eigenvalue weighted by molar-refractivity contribution is 0.716. The van der Waals surface area contributed by atoms with Gasteiger partial charge in [0.05, 0.1) is 0 Å². The summed E-state index contributed by atoms with van der Waals surface area (Å²) in [6, 6.07) is 0.436. The van der Waals surface area contributed by atoms with Gasteiger partial charge in [0, 0.05) is 6.04 Å². The Morgan fingerprint density at radius 3 is 2.92 bits per heavy atom. The van der Waals surface area contributed by atoms with Crippen molar-refractivity contribution in [2.24, 2.45) is 0 Å². The van der Waals surface area contributed by atoms with Crippen molar-refractivity contribution in [1.82, 2.24) is 10.2 Å². The van der Waals surface area contributed by atoms with Crippen LogP contribution in [0.3, 0.4) is 0 Å². The largest absolute Gasteiger partial charge is 0.358 e. The lowest BCUT2D eigenvalue weighted by Gasteiger charge is -2.10. The molecule has 0 fully saturated rings. The summed E-state index contributed by atoms with van der Waals surface area (Å²) in [5.41, 5.74) is 0. The Morgan fingerprint density at radius 2 is 2.38 bits per heavy atom. The molecule has 0 spiro atoms. The first-order valence-electron chi connectivity index (χ1n) is 4.40. The van der Waals surface area contributed by atoms with Gasteiger partial charge in [-0.05, 0) is 26.7 Å². The number of allylic oxidation sites excluding steroid dienone is 1. The number of nitrogens with zero attached hydrogens (tertiary/aromatic N) is 2. The van der Waals surface area contributed by atoms with Gasteiger partial charge in [-0.1, -0.05) is 17.4 Å². The van der Waals surface area contributed by atoms with Crippen molar-refractivity contribution < 1.29 is 0 Å². The zero-order valence-corrected chi connectivity index (χ0v) is 8.90. The Hall–Kier alpha value is -0.900. The van der Waals surface area contributed by atoms with Gasteiger partial charge in [-0.25, -0.2) is 0 Å². The molecule has 0 saturated heterocycles. The standard InChI is InChI=1S/C9H15N3S/c1-4-5-6-7(2)10-9-12-11-8(3)13-9/h4,7H,1,5-6H2,2-3H3,(H,10,12). The minimum Gasteiger partial charge on any atom is -0.358 e. The van der Waals surface area contributed by atoms with Crippen LogP contribution in [0.25, 0.3) is 0 Å². The number of rotatable bonds is 5. The van der Waals surface area contributed by atoms with Crippen LogP contribution in [0.4, 0.5) is 5.13 Å². The Bertz CT molecular complexity index is 270. The third-order valence-electron chi connectivity index (χ3n) is 1.70. The molecule has 0 aliphatic rings. The number of anilines is 1. The minimum absolute atomic E-state index is 0.436. The summed E-state index contributed by atoms with van der Waals surface area (Å²) in [4.78, 5) is 0. The first kappa shape index (κ1) is 10.2. The number of nitrogens with one attached hydrogen (secondary N) is 1. The number of aromatic nitrogens is 2. The fraction of sp³-hybridized carbons (Fsp3) is 0.556. The Labute approximate surface area is 82.9 Å². The van der Waals surface area contributed by atoms with Gasteiger partial charge < -0.3 is 5.32 Å². The van der Waals surface area contributed by atoms with Crippen molar-refractivity contribution in [2.45, 2.75) is 32.7 Å². The Balaban J connectivity index is 2.35. The molecule has 0 bridgehead atoms. The zero-order chi connectivity index (χ0) is 9.68. The quantitative estimate of drug-likeness (QED) is 0.737. The molecule has 0 aliphatic carbocycles. The highest BCUT2D eigenvalue weighted by Crippen LogP contribution is 2.15. The van der Waals surface area contributed by atoms with Crippen molar-refractivity contribution in [3.63, 3.8) is 0 Å². The molecular formula is C9H15N3S. The molecule has 0 aliphatic heterocycles. The molecule has 1 unspecified atom stereocenters. The maximum absolute atomic E-state index is 4.00. The van der Waals surface area contributed by atoms with E-state index in [-0.39, 0.29) is 0 Å². The molecule has 1 rings (SSSR count). The van der Waals surface area contributed by atoms with E-state index < -0.39 is 0 Å². The molecule has 0 radical (unpaired) electrons. The number of hydrogen-bond acceptors (Lipinski definition) is 4. The predicted octanol–water partition coefficient (Wildman–Crippen LogP) is 2.61. The highest BCUT2D eigenvalue weighted by atomic mass is 32.1. The predicted molar refractivity (Wildman–Crippen MR) is 57.2 cm³/mol. The summed E-state index contributed by atoms with van der Waals surface area (Å²) < 4.78 is 0. The van der Waals surface area contributed by atoms with Gasteiger partial charge in [0.15, 0.2) is 0 Å². The van der Waals surface area contributed by atoms with Gasteiger partial charge in [-0.2, -0.15) is 0 Å². The normalized spacial score (nSPS) is 12.5. The van der Waals surface area contributed by atoms with Crippen LogP contribution in [0, 0.1) is 6.92 Å². The molecular weight excluding hydrogens is 182 g/mol. The molecule has 72 valence electrons. The van der Waals surface area contributed by atoms with Gasteiger partial charge in [0.25, 0.3) is 0 Å². The zero-order valence-electron chi connectivity index (χ0n) is 8.08. The number of hydrogen-bond donors (Lipinski definition) is 1. The molecule has 4 heteroatoms. The lowest BCUT2D eigenvalue weighted by atomic mass is 10.2. The fourth-order valence-electron chi connectivity index (χ4n) is 1.01. The average molecular weight is 197 g/mol. The molecule has 1 heterocycles. The van der Waals surface area contributed by atoms with Crippen LogP contribution < -0.4 is 5.32 Å². The van der Waals surface area contributed by atoms with Crippen LogP contribution in [0.1, 0.15) is 24.8 Å². The van der Waals surface area contributed by atoms with Gasteiger partial charge >= 0.3 is 0 Å². The van der Waals surface area contributed by atoms with E-state index in [2.05, 4.69) is 29.0 Å². The topological polar surface area (TPSA) is 37.8 Å². The molecule has 1 N–H and O–H groups in total. The Kier molecular flexibility index (Phi) is 3.89. The van der Waals surface area contributed by atoms with Crippen LogP contribution in [-0.2, 0) is 0 Å². The maximum atomic E-state index is 4.00. The second-order valence-corrected chi connectivity index (χ2v) is 4.22. The molecule has 13 heavy (non-hydrogen) atoms. The van der Waals surface area contributed by atoms with Crippen LogP contribution in [0.5, 0.6) is 0 Å². The minimum atomic E-state index is 0.436. The van der Waals surface area contributed by atoms with E-state index in [0.29, 0.717) is 6.04 Å². The third-order valence-corrected chi connectivity index (χ3v) is 2.47. The highest BCUT2D eigenvalue weighted by Gasteiger charge is 2.04.